The van der Waals surface area contributed by atoms with Crippen molar-refractivity contribution in [3.05, 3.63) is 95.8 Å². The summed E-state index contributed by atoms with van der Waals surface area (Å²) in [5.74, 6) is 1.40. The Morgan fingerprint density at radius 1 is 0.923 bits per heavy atom. The minimum absolute atomic E-state index is 0.521. The quantitative estimate of drug-likeness (QED) is 0.589. The van der Waals surface area contributed by atoms with Crippen molar-refractivity contribution in [3.63, 3.8) is 0 Å². The third kappa shape index (κ3) is 3.19. The number of aryl methyl sites for hydroxylation is 1. The van der Waals surface area contributed by atoms with Gasteiger partial charge in [0.15, 0.2) is 0 Å². The van der Waals surface area contributed by atoms with E-state index in [1.54, 1.807) is 0 Å². The lowest BCUT2D eigenvalue weighted by atomic mass is 10.1. The highest BCUT2D eigenvalue weighted by atomic mass is 16.5. The van der Waals surface area contributed by atoms with Gasteiger partial charge in [-0.25, -0.2) is 4.98 Å². The highest BCUT2D eigenvalue weighted by molar-refractivity contribution is 5.76. The second kappa shape index (κ2) is 7.02. The number of hydrogen-bond donors (Lipinski definition) is 1. The Labute approximate surface area is 152 Å². The Bertz CT molecular complexity index is 1010. The van der Waals surface area contributed by atoms with Gasteiger partial charge in [0.2, 0.25) is 0 Å². The molecule has 1 aromatic heterocycles. The number of aromatic nitrogens is 2. The number of imidazole rings is 1. The molecule has 3 aromatic carbocycles. The Morgan fingerprint density at radius 3 is 2.35 bits per heavy atom. The largest absolute Gasteiger partial charge is 0.489 e. The lowest BCUT2D eigenvalue weighted by Crippen LogP contribution is -2.07. The van der Waals surface area contributed by atoms with Crippen LogP contribution in [0.1, 0.15) is 23.1 Å². The normalized spacial score (nSPS) is 12.2. The first kappa shape index (κ1) is 16.4. The van der Waals surface area contributed by atoms with Crippen molar-refractivity contribution in [3.8, 4) is 5.75 Å². The van der Waals surface area contributed by atoms with E-state index in [1.807, 2.05) is 90.5 Å². The molecular weight excluding hydrogens is 324 g/mol. The molecule has 0 aliphatic heterocycles. The van der Waals surface area contributed by atoms with Crippen LogP contribution in [0.4, 0.5) is 0 Å². The van der Waals surface area contributed by atoms with E-state index in [-0.39, 0.29) is 0 Å². The number of aliphatic hydroxyl groups excluding tert-OH is 1. The summed E-state index contributed by atoms with van der Waals surface area (Å²) in [5.41, 5.74) is 3.79. The van der Waals surface area contributed by atoms with Gasteiger partial charge < -0.3 is 14.4 Å². The van der Waals surface area contributed by atoms with Crippen molar-refractivity contribution < 1.29 is 9.84 Å². The molecule has 0 saturated heterocycles. The van der Waals surface area contributed by atoms with E-state index in [9.17, 15) is 5.11 Å². The molecule has 0 saturated carbocycles. The van der Waals surface area contributed by atoms with Gasteiger partial charge in [0.1, 0.15) is 24.3 Å². The van der Waals surface area contributed by atoms with Crippen molar-refractivity contribution in [2.24, 2.45) is 7.05 Å². The predicted molar refractivity (Wildman–Crippen MR) is 102 cm³/mol. The first-order valence-corrected chi connectivity index (χ1v) is 8.58. The van der Waals surface area contributed by atoms with Gasteiger partial charge in [0, 0.05) is 7.05 Å². The third-order valence-corrected chi connectivity index (χ3v) is 4.51. The predicted octanol–water partition coefficient (Wildman–Crippen LogP) is 4.23. The second-order valence-corrected chi connectivity index (χ2v) is 6.26. The van der Waals surface area contributed by atoms with E-state index in [1.165, 1.54) is 0 Å². The molecule has 4 heteroatoms. The minimum atomic E-state index is -0.782. The number of rotatable bonds is 5. The highest BCUT2D eigenvalue weighted by Crippen LogP contribution is 2.26. The number of ether oxygens (including phenoxy) is 1. The summed E-state index contributed by atoms with van der Waals surface area (Å²) in [6, 6.07) is 25.4. The molecule has 0 amide bonds. The topological polar surface area (TPSA) is 47.3 Å². The summed E-state index contributed by atoms with van der Waals surface area (Å²) < 4.78 is 7.73. The van der Waals surface area contributed by atoms with Crippen LogP contribution in [0.2, 0.25) is 0 Å². The van der Waals surface area contributed by atoms with E-state index in [0.29, 0.717) is 12.4 Å². The fourth-order valence-electron chi connectivity index (χ4n) is 3.05. The Balaban J connectivity index is 1.51. The molecule has 0 spiro atoms. The molecule has 130 valence electrons. The van der Waals surface area contributed by atoms with Gasteiger partial charge >= 0.3 is 0 Å². The Hall–Kier alpha value is -3.11. The summed E-state index contributed by atoms with van der Waals surface area (Å²) in [6.45, 7) is 0.521. The zero-order valence-corrected chi connectivity index (χ0v) is 14.5. The van der Waals surface area contributed by atoms with Crippen LogP contribution in [0, 0.1) is 0 Å². The SMILES string of the molecule is Cn1c([C@H](O)c2ccc(OCc3ccccc3)cc2)nc2ccccc21. The minimum Gasteiger partial charge on any atom is -0.489 e. The first-order chi connectivity index (χ1) is 12.7. The maximum Gasteiger partial charge on any atom is 0.143 e. The molecule has 1 N–H and O–H groups in total. The van der Waals surface area contributed by atoms with Crippen molar-refractivity contribution in [2.75, 3.05) is 0 Å². The summed E-state index contributed by atoms with van der Waals surface area (Å²) in [6.07, 6.45) is -0.782. The van der Waals surface area contributed by atoms with Crippen LogP contribution in [-0.2, 0) is 13.7 Å². The van der Waals surface area contributed by atoms with Gasteiger partial charge in [-0.1, -0.05) is 54.6 Å². The van der Waals surface area contributed by atoms with Gasteiger partial charge in [-0.3, -0.25) is 0 Å². The number of benzene rings is 3. The van der Waals surface area contributed by atoms with E-state index in [2.05, 4.69) is 4.98 Å². The third-order valence-electron chi connectivity index (χ3n) is 4.51. The average molecular weight is 344 g/mol. The lowest BCUT2D eigenvalue weighted by Gasteiger charge is -2.12. The van der Waals surface area contributed by atoms with Crippen molar-refractivity contribution >= 4 is 11.0 Å². The summed E-state index contributed by atoms with van der Waals surface area (Å²) in [4.78, 5) is 4.57. The molecule has 0 unspecified atom stereocenters. The lowest BCUT2D eigenvalue weighted by molar-refractivity contribution is 0.206. The van der Waals surface area contributed by atoms with Crippen molar-refractivity contribution in [1.29, 1.82) is 0 Å². The van der Waals surface area contributed by atoms with Crippen LogP contribution in [0.15, 0.2) is 78.9 Å². The zero-order chi connectivity index (χ0) is 17.9. The molecular formula is C22H20N2O2. The molecule has 4 aromatic rings. The van der Waals surface area contributed by atoms with Crippen LogP contribution in [0.3, 0.4) is 0 Å². The van der Waals surface area contributed by atoms with Gasteiger partial charge in [0.25, 0.3) is 0 Å². The molecule has 0 aliphatic rings. The molecule has 26 heavy (non-hydrogen) atoms. The Kier molecular flexibility index (Phi) is 4.42. The maximum atomic E-state index is 10.7. The number of fused-ring (bicyclic) bond motifs is 1. The highest BCUT2D eigenvalue weighted by Gasteiger charge is 2.17. The first-order valence-electron chi connectivity index (χ1n) is 8.58. The standard InChI is InChI=1S/C22H20N2O2/c1-24-20-10-6-5-9-19(20)23-22(24)21(25)17-11-13-18(14-12-17)26-15-16-7-3-2-4-8-16/h2-14,21,25H,15H2,1H3/t21-/m1/s1. The average Bonchev–Trinajstić information content (AvgIpc) is 3.04. The number of aliphatic hydroxyl groups is 1. The maximum absolute atomic E-state index is 10.7. The fraction of sp³-hybridized carbons (Fsp3) is 0.136. The van der Waals surface area contributed by atoms with Crippen molar-refractivity contribution in [1.82, 2.24) is 9.55 Å². The van der Waals surface area contributed by atoms with Crippen LogP contribution in [0.25, 0.3) is 11.0 Å². The van der Waals surface area contributed by atoms with Crippen LogP contribution in [-0.4, -0.2) is 14.7 Å². The number of hydrogen-bond acceptors (Lipinski definition) is 3. The smallest absolute Gasteiger partial charge is 0.143 e. The molecule has 4 rings (SSSR count). The van der Waals surface area contributed by atoms with E-state index >= 15 is 0 Å². The second-order valence-electron chi connectivity index (χ2n) is 6.26. The Morgan fingerprint density at radius 2 is 1.62 bits per heavy atom. The summed E-state index contributed by atoms with van der Waals surface area (Å²) in [7, 11) is 1.92. The van der Waals surface area contributed by atoms with E-state index < -0.39 is 6.10 Å². The molecule has 1 atom stereocenters. The van der Waals surface area contributed by atoms with Gasteiger partial charge in [0.05, 0.1) is 11.0 Å². The van der Waals surface area contributed by atoms with Gasteiger partial charge in [-0.15, -0.1) is 0 Å². The zero-order valence-electron chi connectivity index (χ0n) is 14.5. The molecule has 0 aliphatic carbocycles. The van der Waals surface area contributed by atoms with Gasteiger partial charge in [-0.2, -0.15) is 0 Å². The molecule has 0 fully saturated rings. The molecule has 4 nitrogen and oxygen atoms in total. The van der Waals surface area contributed by atoms with E-state index in [0.717, 1.165) is 27.9 Å². The van der Waals surface area contributed by atoms with Crippen molar-refractivity contribution in [2.45, 2.75) is 12.7 Å². The number of nitrogens with zero attached hydrogens (tertiary/aromatic N) is 2. The van der Waals surface area contributed by atoms with Crippen LogP contribution < -0.4 is 4.74 Å². The van der Waals surface area contributed by atoms with Crippen LogP contribution in [0.5, 0.6) is 5.75 Å². The van der Waals surface area contributed by atoms with Crippen LogP contribution >= 0.6 is 0 Å². The fourth-order valence-corrected chi connectivity index (χ4v) is 3.05. The number of para-hydroxylation sites is 2. The molecule has 0 radical (unpaired) electrons. The monoisotopic (exact) mass is 344 g/mol. The van der Waals surface area contributed by atoms with E-state index in [4.69, 9.17) is 4.74 Å². The molecule has 1 heterocycles. The summed E-state index contributed by atoms with van der Waals surface area (Å²) >= 11 is 0. The van der Waals surface area contributed by atoms with Gasteiger partial charge in [-0.05, 0) is 35.4 Å². The summed E-state index contributed by atoms with van der Waals surface area (Å²) in [5, 5.41) is 10.7. The molecule has 0 bridgehead atoms.